The molecule has 1 aliphatic heterocycles. The van der Waals surface area contributed by atoms with E-state index in [-0.39, 0.29) is 11.9 Å². The maximum atomic E-state index is 12.0. The number of rotatable bonds is 5. The van der Waals surface area contributed by atoms with Crippen LogP contribution in [0.25, 0.3) is 0 Å². The van der Waals surface area contributed by atoms with Crippen molar-refractivity contribution in [1.29, 1.82) is 10.7 Å². The molecule has 1 aliphatic rings. The first-order valence-electron chi connectivity index (χ1n) is 7.92. The van der Waals surface area contributed by atoms with E-state index in [1.54, 1.807) is 25.1 Å². The van der Waals surface area contributed by atoms with E-state index in [4.69, 9.17) is 17.6 Å². The van der Waals surface area contributed by atoms with E-state index >= 15 is 0 Å². The van der Waals surface area contributed by atoms with Crippen molar-refractivity contribution in [1.82, 2.24) is 5.32 Å². The Kier molecular flexibility index (Phi) is 6.27. The predicted molar refractivity (Wildman–Crippen MR) is 99.7 cm³/mol. The Hall–Kier alpha value is -2.46. The molecule has 4 N–H and O–H groups in total. The molecule has 1 amide bonds. The van der Waals surface area contributed by atoms with E-state index in [0.29, 0.717) is 34.9 Å². The molecule has 1 aromatic rings. The van der Waals surface area contributed by atoms with Crippen molar-refractivity contribution in [3.8, 4) is 6.07 Å². The number of nitriles is 1. The second kappa shape index (κ2) is 8.41. The fourth-order valence-corrected chi connectivity index (χ4v) is 2.87. The average molecular weight is 343 g/mol. The third-order valence-electron chi connectivity index (χ3n) is 3.72. The summed E-state index contributed by atoms with van der Waals surface area (Å²) < 4.78 is 0. The second-order valence-corrected chi connectivity index (χ2v) is 6.35. The molecule has 0 radical (unpaired) electrons. The summed E-state index contributed by atoms with van der Waals surface area (Å²) in [4.78, 5) is 12.5. The fourth-order valence-electron chi connectivity index (χ4n) is 2.55. The maximum absolute atomic E-state index is 12.0. The van der Waals surface area contributed by atoms with Crippen molar-refractivity contribution in [2.24, 2.45) is 0 Å². The topological polar surface area (TPSA) is 101 Å². The van der Waals surface area contributed by atoms with Gasteiger partial charge in [-0.25, -0.2) is 0 Å². The summed E-state index contributed by atoms with van der Waals surface area (Å²) in [6.07, 6.45) is 3.10. The van der Waals surface area contributed by atoms with E-state index in [1.165, 1.54) is 0 Å². The van der Waals surface area contributed by atoms with Gasteiger partial charge in [0, 0.05) is 24.4 Å². The number of amides is 1. The molecule has 1 heterocycles. The van der Waals surface area contributed by atoms with Gasteiger partial charge in [0.2, 0.25) is 5.91 Å². The van der Waals surface area contributed by atoms with Crippen LogP contribution in [0, 0.1) is 16.7 Å². The number of hydrogen-bond acceptors (Lipinski definition) is 5. The molecule has 1 saturated heterocycles. The normalized spacial score (nSPS) is 17.2. The van der Waals surface area contributed by atoms with Crippen LogP contribution in [0.5, 0.6) is 0 Å². The fraction of sp³-hybridized carbons (Fsp3) is 0.412. The molecule has 0 aliphatic carbocycles. The third-order valence-corrected chi connectivity index (χ3v) is 3.96. The molecular weight excluding hydrogens is 322 g/mol. The molecule has 1 unspecified atom stereocenters. The van der Waals surface area contributed by atoms with E-state index in [9.17, 15) is 10.1 Å². The minimum atomic E-state index is -0.274. The standard InChI is InChI=1S/C17H21N5OS/c1-11(19)8-16(24)22-15-9-13(6-5-12(15)10-18)21-14-4-2-3-7-20-17(14)23/h5-6,9,14,19,21H,2-4,7-8H2,1H3,(H,20,23)(H,22,24). The van der Waals surface area contributed by atoms with Crippen molar-refractivity contribution in [3.63, 3.8) is 0 Å². The van der Waals surface area contributed by atoms with Crippen LogP contribution < -0.4 is 16.0 Å². The number of carbonyl (C=O) groups excluding carboxylic acids is 1. The summed E-state index contributed by atoms with van der Waals surface area (Å²) in [7, 11) is 0. The van der Waals surface area contributed by atoms with Gasteiger partial charge in [-0.15, -0.1) is 0 Å². The highest BCUT2D eigenvalue weighted by Crippen LogP contribution is 2.23. The molecule has 1 fully saturated rings. The second-order valence-electron chi connectivity index (χ2n) is 5.86. The summed E-state index contributed by atoms with van der Waals surface area (Å²) in [6, 6.07) is 7.11. The Morgan fingerprint density at radius 2 is 2.29 bits per heavy atom. The lowest BCUT2D eigenvalue weighted by Gasteiger charge is -2.18. The number of nitrogens with zero attached hydrogens (tertiary/aromatic N) is 1. The lowest BCUT2D eigenvalue weighted by atomic mass is 10.1. The smallest absolute Gasteiger partial charge is 0.242 e. The van der Waals surface area contributed by atoms with Crippen molar-refractivity contribution in [3.05, 3.63) is 23.8 Å². The maximum Gasteiger partial charge on any atom is 0.242 e. The molecule has 2 rings (SSSR count). The number of benzene rings is 1. The predicted octanol–water partition coefficient (Wildman–Crippen LogP) is 2.81. The van der Waals surface area contributed by atoms with Crippen LogP contribution in [0.3, 0.4) is 0 Å². The number of carbonyl (C=O) groups is 1. The van der Waals surface area contributed by atoms with Crippen molar-refractivity contribution >= 4 is 40.2 Å². The Balaban J connectivity index is 2.15. The molecule has 6 nitrogen and oxygen atoms in total. The molecular formula is C17H21N5OS. The minimum absolute atomic E-state index is 0.00122. The molecule has 24 heavy (non-hydrogen) atoms. The molecule has 1 aromatic carbocycles. The van der Waals surface area contributed by atoms with E-state index < -0.39 is 0 Å². The van der Waals surface area contributed by atoms with Crippen LogP contribution >= 0.6 is 12.2 Å². The zero-order valence-electron chi connectivity index (χ0n) is 13.6. The van der Waals surface area contributed by atoms with Gasteiger partial charge in [0.25, 0.3) is 0 Å². The third kappa shape index (κ3) is 5.03. The van der Waals surface area contributed by atoms with Crippen LogP contribution in [0.2, 0.25) is 0 Å². The zero-order chi connectivity index (χ0) is 17.5. The molecule has 0 aromatic heterocycles. The van der Waals surface area contributed by atoms with Gasteiger partial charge in [0.15, 0.2) is 0 Å². The number of hydrogen-bond donors (Lipinski definition) is 4. The van der Waals surface area contributed by atoms with Gasteiger partial charge in [0.1, 0.15) is 12.1 Å². The molecule has 0 saturated carbocycles. The summed E-state index contributed by atoms with van der Waals surface area (Å²) in [6.45, 7) is 2.40. The molecule has 0 bridgehead atoms. The Morgan fingerprint density at radius 1 is 1.50 bits per heavy atom. The molecule has 1 atom stereocenters. The minimum Gasteiger partial charge on any atom is -0.374 e. The van der Waals surface area contributed by atoms with E-state index in [0.717, 1.165) is 24.9 Å². The van der Waals surface area contributed by atoms with Crippen LogP contribution in [-0.2, 0) is 4.79 Å². The largest absolute Gasteiger partial charge is 0.374 e. The van der Waals surface area contributed by atoms with Gasteiger partial charge in [0.05, 0.1) is 16.2 Å². The Labute approximate surface area is 147 Å². The quantitative estimate of drug-likeness (QED) is 0.486. The van der Waals surface area contributed by atoms with Crippen molar-refractivity contribution in [2.45, 2.75) is 38.6 Å². The number of thiocarbonyl (C=S) groups is 1. The van der Waals surface area contributed by atoms with Gasteiger partial charge in [-0.3, -0.25) is 4.79 Å². The Bertz CT molecular complexity index is 695. The van der Waals surface area contributed by atoms with Crippen LogP contribution in [0.15, 0.2) is 18.2 Å². The van der Waals surface area contributed by atoms with Gasteiger partial charge >= 0.3 is 0 Å². The van der Waals surface area contributed by atoms with Crippen molar-refractivity contribution < 1.29 is 4.79 Å². The van der Waals surface area contributed by atoms with Gasteiger partial charge in [-0.1, -0.05) is 12.2 Å². The number of nitrogens with one attached hydrogen (secondary N) is 4. The van der Waals surface area contributed by atoms with Gasteiger partial charge in [-0.2, -0.15) is 5.26 Å². The summed E-state index contributed by atoms with van der Waals surface area (Å²) in [5, 5.41) is 25.9. The van der Waals surface area contributed by atoms with Crippen LogP contribution in [0.1, 0.15) is 38.2 Å². The van der Waals surface area contributed by atoms with Gasteiger partial charge in [-0.05, 0) is 44.4 Å². The Morgan fingerprint density at radius 3 is 3.00 bits per heavy atom. The number of anilines is 2. The lowest BCUT2D eigenvalue weighted by Crippen LogP contribution is -2.37. The highest BCUT2D eigenvalue weighted by atomic mass is 32.1. The first-order valence-corrected chi connectivity index (χ1v) is 8.32. The SMILES string of the molecule is CC(=N)CC(=S)Nc1cc(NC2CCCCNC2=O)ccc1C#N. The summed E-state index contributed by atoms with van der Waals surface area (Å²) >= 11 is 5.22. The summed E-state index contributed by atoms with van der Waals surface area (Å²) in [5.41, 5.74) is 2.27. The first kappa shape index (κ1) is 17.9. The lowest BCUT2D eigenvalue weighted by molar-refractivity contribution is -0.121. The van der Waals surface area contributed by atoms with Crippen LogP contribution in [0.4, 0.5) is 11.4 Å². The van der Waals surface area contributed by atoms with Crippen LogP contribution in [-0.4, -0.2) is 29.2 Å². The monoisotopic (exact) mass is 343 g/mol. The van der Waals surface area contributed by atoms with E-state index in [1.807, 2.05) is 0 Å². The summed E-state index contributed by atoms with van der Waals surface area (Å²) in [5.74, 6) is 0.00122. The first-order chi connectivity index (χ1) is 11.5. The molecule has 7 heteroatoms. The molecule has 126 valence electrons. The highest BCUT2D eigenvalue weighted by molar-refractivity contribution is 7.80. The zero-order valence-corrected chi connectivity index (χ0v) is 14.4. The highest BCUT2D eigenvalue weighted by Gasteiger charge is 2.20. The van der Waals surface area contributed by atoms with Crippen molar-refractivity contribution in [2.75, 3.05) is 17.2 Å². The molecule has 0 spiro atoms. The average Bonchev–Trinajstić information content (AvgIpc) is 2.72. The van der Waals surface area contributed by atoms with E-state index in [2.05, 4.69) is 22.0 Å². The van der Waals surface area contributed by atoms with Gasteiger partial charge < -0.3 is 21.4 Å².